The van der Waals surface area contributed by atoms with E-state index in [1.165, 1.54) is 0 Å². The van der Waals surface area contributed by atoms with Crippen LogP contribution in [-0.2, 0) is 4.84 Å². The monoisotopic (exact) mass is 247 g/mol. The molecule has 1 atom stereocenters. The molecule has 5 heteroatoms. The molecule has 2 rings (SSSR count). The number of benzene rings is 1. The quantitative estimate of drug-likeness (QED) is 0.860. The molecule has 0 spiro atoms. The molecule has 1 aromatic carbocycles. The molecule has 1 aliphatic heterocycles. The molecule has 1 heterocycles. The Morgan fingerprint density at radius 2 is 2.22 bits per heavy atom. The number of para-hydroxylation sites is 1. The molecular formula is C13H17N3O2. The van der Waals surface area contributed by atoms with Gasteiger partial charge in [-0.1, -0.05) is 23.4 Å². The highest BCUT2D eigenvalue weighted by molar-refractivity contribution is 5.90. The van der Waals surface area contributed by atoms with Crippen LogP contribution in [0.5, 0.6) is 0 Å². The number of anilines is 1. The van der Waals surface area contributed by atoms with Crippen LogP contribution in [0.1, 0.15) is 18.9 Å². The highest BCUT2D eigenvalue weighted by atomic mass is 16.6. The lowest BCUT2D eigenvalue weighted by molar-refractivity contribution is 0.0870. The molecule has 1 aromatic rings. The maximum atomic E-state index is 11.7. The van der Waals surface area contributed by atoms with Gasteiger partial charge >= 0.3 is 6.03 Å². The number of carbonyl (C=O) groups excluding carboxylic acids is 1. The van der Waals surface area contributed by atoms with Crippen molar-refractivity contribution >= 4 is 17.4 Å². The number of aryl methyl sites for hydroxylation is 1. The van der Waals surface area contributed by atoms with Crippen molar-refractivity contribution in [3.8, 4) is 0 Å². The SMILES string of the molecule is CC1=NOC(CNC(=O)Nc2ccccc2C)C1. The number of oxime groups is 1. The second-order valence-corrected chi connectivity index (χ2v) is 4.41. The summed E-state index contributed by atoms with van der Waals surface area (Å²) in [6.07, 6.45) is 0.720. The maximum Gasteiger partial charge on any atom is 0.319 e. The van der Waals surface area contributed by atoms with Gasteiger partial charge in [0.2, 0.25) is 0 Å². The second-order valence-electron chi connectivity index (χ2n) is 4.41. The third-order valence-electron chi connectivity index (χ3n) is 2.76. The van der Waals surface area contributed by atoms with Gasteiger partial charge in [-0.2, -0.15) is 0 Å². The smallest absolute Gasteiger partial charge is 0.319 e. The van der Waals surface area contributed by atoms with Gasteiger partial charge in [0.25, 0.3) is 0 Å². The van der Waals surface area contributed by atoms with Crippen LogP contribution in [0.4, 0.5) is 10.5 Å². The topological polar surface area (TPSA) is 62.7 Å². The standard InChI is InChI=1S/C13H17N3O2/c1-9-5-3-4-6-12(9)15-13(17)14-8-11-7-10(2)16-18-11/h3-6,11H,7-8H2,1-2H3,(H2,14,15,17). The molecule has 0 saturated carbocycles. The Morgan fingerprint density at radius 1 is 1.44 bits per heavy atom. The lowest BCUT2D eigenvalue weighted by atomic mass is 10.2. The Morgan fingerprint density at radius 3 is 2.89 bits per heavy atom. The fraction of sp³-hybridized carbons (Fsp3) is 0.385. The fourth-order valence-corrected chi connectivity index (χ4v) is 1.76. The molecule has 2 amide bonds. The zero-order valence-electron chi connectivity index (χ0n) is 10.6. The zero-order chi connectivity index (χ0) is 13.0. The van der Waals surface area contributed by atoms with Gasteiger partial charge in [-0.3, -0.25) is 0 Å². The van der Waals surface area contributed by atoms with Gasteiger partial charge in [0, 0.05) is 12.1 Å². The van der Waals surface area contributed by atoms with Crippen LogP contribution in [-0.4, -0.2) is 24.4 Å². The summed E-state index contributed by atoms with van der Waals surface area (Å²) in [6, 6.07) is 7.42. The number of rotatable bonds is 3. The van der Waals surface area contributed by atoms with E-state index >= 15 is 0 Å². The normalized spacial score (nSPS) is 17.9. The van der Waals surface area contributed by atoms with Crippen LogP contribution in [0, 0.1) is 6.92 Å². The number of amides is 2. The summed E-state index contributed by atoms with van der Waals surface area (Å²) in [4.78, 5) is 16.8. The van der Waals surface area contributed by atoms with E-state index in [-0.39, 0.29) is 12.1 Å². The Balaban J connectivity index is 1.78. The molecule has 1 aliphatic rings. The molecule has 0 radical (unpaired) electrons. The van der Waals surface area contributed by atoms with Crippen molar-refractivity contribution in [1.29, 1.82) is 0 Å². The molecule has 0 aromatic heterocycles. The molecule has 0 aliphatic carbocycles. The van der Waals surface area contributed by atoms with Crippen molar-refractivity contribution in [2.45, 2.75) is 26.4 Å². The van der Waals surface area contributed by atoms with E-state index in [9.17, 15) is 4.79 Å². The van der Waals surface area contributed by atoms with Gasteiger partial charge in [-0.05, 0) is 25.5 Å². The first-order valence-electron chi connectivity index (χ1n) is 5.95. The summed E-state index contributed by atoms with van der Waals surface area (Å²) in [6.45, 7) is 4.32. The third-order valence-corrected chi connectivity index (χ3v) is 2.76. The van der Waals surface area contributed by atoms with Gasteiger partial charge in [0.05, 0.1) is 12.3 Å². The summed E-state index contributed by atoms with van der Waals surface area (Å²) < 4.78 is 0. The minimum Gasteiger partial charge on any atom is -0.390 e. The Labute approximate surface area is 106 Å². The van der Waals surface area contributed by atoms with Crippen molar-refractivity contribution in [2.24, 2.45) is 5.16 Å². The molecule has 0 fully saturated rings. The van der Waals surface area contributed by atoms with Crippen LogP contribution in [0.15, 0.2) is 29.4 Å². The van der Waals surface area contributed by atoms with Crippen LogP contribution < -0.4 is 10.6 Å². The van der Waals surface area contributed by atoms with E-state index in [4.69, 9.17) is 4.84 Å². The predicted octanol–water partition coefficient (Wildman–Crippen LogP) is 2.28. The molecule has 0 saturated heterocycles. The van der Waals surface area contributed by atoms with Gasteiger partial charge in [-0.15, -0.1) is 0 Å². The van der Waals surface area contributed by atoms with Crippen LogP contribution in [0.25, 0.3) is 0 Å². The number of urea groups is 1. The molecule has 2 N–H and O–H groups in total. The third kappa shape index (κ3) is 3.23. The highest BCUT2D eigenvalue weighted by Gasteiger charge is 2.18. The lowest BCUT2D eigenvalue weighted by Crippen LogP contribution is -2.35. The van der Waals surface area contributed by atoms with Crippen molar-refractivity contribution in [1.82, 2.24) is 5.32 Å². The van der Waals surface area contributed by atoms with E-state index in [2.05, 4.69) is 15.8 Å². The first-order chi connectivity index (χ1) is 8.65. The molecule has 1 unspecified atom stereocenters. The summed E-state index contributed by atoms with van der Waals surface area (Å²) in [5.74, 6) is 0. The first kappa shape index (κ1) is 12.4. The molecule has 18 heavy (non-hydrogen) atoms. The minimum atomic E-state index is -0.225. The highest BCUT2D eigenvalue weighted by Crippen LogP contribution is 2.13. The van der Waals surface area contributed by atoms with Gasteiger partial charge in [-0.25, -0.2) is 4.79 Å². The van der Waals surface area contributed by atoms with Crippen LogP contribution >= 0.6 is 0 Å². The summed E-state index contributed by atoms with van der Waals surface area (Å²) in [5, 5.41) is 9.41. The summed E-state index contributed by atoms with van der Waals surface area (Å²) >= 11 is 0. The van der Waals surface area contributed by atoms with Crippen LogP contribution in [0.3, 0.4) is 0 Å². The number of nitrogens with zero attached hydrogens (tertiary/aromatic N) is 1. The average Bonchev–Trinajstić information content (AvgIpc) is 2.76. The van der Waals surface area contributed by atoms with Crippen molar-refractivity contribution in [2.75, 3.05) is 11.9 Å². The van der Waals surface area contributed by atoms with Crippen LogP contribution in [0.2, 0.25) is 0 Å². The second kappa shape index (κ2) is 5.53. The Hall–Kier alpha value is -2.04. The van der Waals surface area contributed by atoms with E-state index in [0.29, 0.717) is 6.54 Å². The fourth-order valence-electron chi connectivity index (χ4n) is 1.76. The van der Waals surface area contributed by atoms with Crippen molar-refractivity contribution in [3.63, 3.8) is 0 Å². The van der Waals surface area contributed by atoms with E-state index in [1.807, 2.05) is 38.1 Å². The van der Waals surface area contributed by atoms with Crippen molar-refractivity contribution in [3.05, 3.63) is 29.8 Å². The number of nitrogens with one attached hydrogen (secondary N) is 2. The predicted molar refractivity (Wildman–Crippen MR) is 70.8 cm³/mol. The van der Waals surface area contributed by atoms with E-state index in [1.54, 1.807) is 0 Å². The Bertz CT molecular complexity index is 471. The average molecular weight is 247 g/mol. The van der Waals surface area contributed by atoms with Gasteiger partial charge in [0.15, 0.2) is 0 Å². The molecule has 96 valence electrons. The first-order valence-corrected chi connectivity index (χ1v) is 5.95. The van der Waals surface area contributed by atoms with Gasteiger partial charge in [0.1, 0.15) is 6.10 Å². The lowest BCUT2D eigenvalue weighted by Gasteiger charge is -2.12. The van der Waals surface area contributed by atoms with E-state index < -0.39 is 0 Å². The molecule has 5 nitrogen and oxygen atoms in total. The summed E-state index contributed by atoms with van der Waals surface area (Å²) in [7, 11) is 0. The number of hydrogen-bond acceptors (Lipinski definition) is 3. The van der Waals surface area contributed by atoms with Crippen molar-refractivity contribution < 1.29 is 9.63 Å². The number of carbonyl (C=O) groups is 1. The molecule has 0 bridgehead atoms. The van der Waals surface area contributed by atoms with E-state index in [0.717, 1.165) is 23.4 Å². The largest absolute Gasteiger partial charge is 0.390 e. The molecular weight excluding hydrogens is 230 g/mol. The number of hydrogen-bond donors (Lipinski definition) is 2. The maximum absolute atomic E-state index is 11.7. The minimum absolute atomic E-state index is 0.0485. The Kier molecular flexibility index (Phi) is 3.82. The summed E-state index contributed by atoms with van der Waals surface area (Å²) in [5.41, 5.74) is 2.81. The zero-order valence-corrected chi connectivity index (χ0v) is 10.6. The van der Waals surface area contributed by atoms with Gasteiger partial charge < -0.3 is 15.5 Å².